The van der Waals surface area contributed by atoms with Gasteiger partial charge in [-0.3, -0.25) is 10.1 Å². The predicted molar refractivity (Wildman–Crippen MR) is 122 cm³/mol. The second-order valence-electron chi connectivity index (χ2n) is 7.70. The Balaban J connectivity index is 1.52. The Morgan fingerprint density at radius 1 is 0.812 bits per heavy atom. The zero-order valence-corrected chi connectivity index (χ0v) is 17.1. The fraction of sp³-hybridized carbons (Fsp3) is 0.0400. The minimum atomic E-state index is -0.272. The number of pyridine rings is 3. The summed E-state index contributed by atoms with van der Waals surface area (Å²) in [4.78, 5) is 16.6. The van der Waals surface area contributed by atoms with Crippen LogP contribution in [-0.2, 0) is 0 Å². The highest BCUT2D eigenvalue weighted by molar-refractivity contribution is 5.99. The minimum absolute atomic E-state index is 0.272. The van der Waals surface area contributed by atoms with E-state index in [1.54, 1.807) is 18.5 Å². The maximum absolute atomic E-state index is 13.8. The molecule has 0 aliphatic carbocycles. The van der Waals surface area contributed by atoms with Crippen LogP contribution in [-0.4, -0.2) is 30.1 Å². The number of hydrogen-bond acceptors (Lipinski definition) is 4. The molecule has 0 aliphatic heterocycles. The molecule has 0 atom stereocenters. The number of H-pyrrole nitrogens is 2. The molecule has 2 N–H and O–H groups in total. The number of nitrogens with zero attached hydrogens (tertiary/aromatic N) is 4. The van der Waals surface area contributed by atoms with Crippen molar-refractivity contribution in [1.82, 2.24) is 30.1 Å². The van der Waals surface area contributed by atoms with E-state index < -0.39 is 0 Å². The zero-order chi connectivity index (χ0) is 21.7. The molecule has 6 nitrogen and oxygen atoms in total. The van der Waals surface area contributed by atoms with Crippen molar-refractivity contribution in [1.29, 1.82) is 0 Å². The summed E-state index contributed by atoms with van der Waals surface area (Å²) in [6.45, 7) is 2.05. The zero-order valence-electron chi connectivity index (χ0n) is 17.1. The van der Waals surface area contributed by atoms with Crippen molar-refractivity contribution in [3.8, 4) is 33.6 Å². The molecule has 5 aromatic heterocycles. The van der Waals surface area contributed by atoms with Gasteiger partial charge in [0, 0.05) is 46.7 Å². The molecule has 0 radical (unpaired) electrons. The summed E-state index contributed by atoms with van der Waals surface area (Å²) in [7, 11) is 0. The van der Waals surface area contributed by atoms with E-state index >= 15 is 0 Å². The molecule has 0 fully saturated rings. The molecule has 154 valence electrons. The maximum atomic E-state index is 13.8. The summed E-state index contributed by atoms with van der Waals surface area (Å²) >= 11 is 0. The first-order valence-electron chi connectivity index (χ1n) is 10.2. The van der Waals surface area contributed by atoms with E-state index in [0.29, 0.717) is 11.3 Å². The minimum Gasteiger partial charge on any atom is -0.338 e. The topological polar surface area (TPSA) is 83.1 Å². The number of benzene rings is 1. The van der Waals surface area contributed by atoms with Crippen LogP contribution in [0.1, 0.15) is 5.56 Å². The normalized spacial score (nSPS) is 11.4. The van der Waals surface area contributed by atoms with Crippen molar-refractivity contribution in [3.05, 3.63) is 84.7 Å². The third-order valence-corrected chi connectivity index (χ3v) is 5.69. The molecular weight excluding hydrogens is 403 g/mol. The maximum Gasteiger partial charge on any atom is 0.155 e. The number of nitrogens with one attached hydrogen (secondary N) is 2. The van der Waals surface area contributed by atoms with Gasteiger partial charge in [-0.1, -0.05) is 12.1 Å². The first-order chi connectivity index (χ1) is 15.7. The van der Waals surface area contributed by atoms with Gasteiger partial charge in [0.1, 0.15) is 17.2 Å². The number of aromatic amines is 2. The van der Waals surface area contributed by atoms with Crippen molar-refractivity contribution in [2.75, 3.05) is 0 Å². The van der Waals surface area contributed by atoms with Gasteiger partial charge in [-0.05, 0) is 60.0 Å². The molecule has 0 saturated carbocycles. The second kappa shape index (κ2) is 7.09. The van der Waals surface area contributed by atoms with Gasteiger partial charge < -0.3 is 4.98 Å². The molecule has 0 aliphatic rings. The molecule has 0 amide bonds. The van der Waals surface area contributed by atoms with Crippen molar-refractivity contribution in [2.45, 2.75) is 6.92 Å². The highest BCUT2D eigenvalue weighted by atomic mass is 19.1. The van der Waals surface area contributed by atoms with E-state index in [1.165, 1.54) is 12.1 Å². The van der Waals surface area contributed by atoms with Crippen molar-refractivity contribution >= 4 is 22.1 Å². The number of hydrogen-bond donors (Lipinski definition) is 2. The summed E-state index contributed by atoms with van der Waals surface area (Å²) in [5.74, 6) is -0.272. The van der Waals surface area contributed by atoms with Gasteiger partial charge >= 0.3 is 0 Å². The third kappa shape index (κ3) is 2.94. The van der Waals surface area contributed by atoms with Crippen LogP contribution in [0, 0.1) is 12.7 Å². The third-order valence-electron chi connectivity index (χ3n) is 5.69. The lowest BCUT2D eigenvalue weighted by Crippen LogP contribution is -1.87. The van der Waals surface area contributed by atoms with Gasteiger partial charge in [-0.2, -0.15) is 5.10 Å². The lowest BCUT2D eigenvalue weighted by atomic mass is 10.0. The molecular formula is C25H17FN6. The molecule has 6 aromatic rings. The van der Waals surface area contributed by atoms with Crippen LogP contribution < -0.4 is 0 Å². The molecule has 0 bridgehead atoms. The molecule has 32 heavy (non-hydrogen) atoms. The SMILES string of the molecule is Cc1ccncc1-c1cnc2[nH]nc(-c3cc4c(-c5cccc(F)c5)ccnc4[nH]3)c2c1. The summed E-state index contributed by atoms with van der Waals surface area (Å²) in [5, 5.41) is 9.32. The molecule has 0 unspecified atom stereocenters. The number of rotatable bonds is 3. The van der Waals surface area contributed by atoms with Gasteiger partial charge in [0.2, 0.25) is 0 Å². The van der Waals surface area contributed by atoms with E-state index in [9.17, 15) is 4.39 Å². The van der Waals surface area contributed by atoms with E-state index in [-0.39, 0.29) is 5.82 Å². The number of aryl methyl sites for hydroxylation is 1. The molecule has 1 aromatic carbocycles. The summed E-state index contributed by atoms with van der Waals surface area (Å²) in [5.41, 5.74) is 7.80. The van der Waals surface area contributed by atoms with E-state index in [0.717, 1.165) is 50.0 Å². The van der Waals surface area contributed by atoms with Crippen molar-refractivity contribution in [3.63, 3.8) is 0 Å². The fourth-order valence-electron chi connectivity index (χ4n) is 4.08. The molecule has 0 spiro atoms. The lowest BCUT2D eigenvalue weighted by molar-refractivity contribution is 0.628. The van der Waals surface area contributed by atoms with Gasteiger partial charge in [0.05, 0.1) is 5.69 Å². The largest absolute Gasteiger partial charge is 0.338 e. The standard InChI is InChI=1S/C25H17FN6/c1-14-5-7-27-13-21(14)16-10-20-23(31-32-25(20)29-12-16)22-11-19-18(6-8-28-24(19)30-22)15-3-2-4-17(26)9-15/h2-13H,1H3,(H,28,30)(H,29,31,32). The van der Waals surface area contributed by atoms with Crippen LogP contribution in [0.15, 0.2) is 73.3 Å². The smallest absolute Gasteiger partial charge is 0.155 e. The van der Waals surface area contributed by atoms with Crippen molar-refractivity contribution in [2.24, 2.45) is 0 Å². The average molecular weight is 420 g/mol. The Kier molecular flexibility index (Phi) is 4.07. The predicted octanol–water partition coefficient (Wildman–Crippen LogP) is 5.68. The molecule has 7 heteroatoms. The first-order valence-corrected chi connectivity index (χ1v) is 10.2. The van der Waals surface area contributed by atoms with Crippen LogP contribution in [0.2, 0.25) is 0 Å². The van der Waals surface area contributed by atoms with Crippen LogP contribution in [0.3, 0.4) is 0 Å². The van der Waals surface area contributed by atoms with E-state index in [2.05, 4.69) is 43.1 Å². The van der Waals surface area contributed by atoms with Gasteiger partial charge in [0.25, 0.3) is 0 Å². The number of aromatic nitrogens is 6. The van der Waals surface area contributed by atoms with Crippen LogP contribution in [0.25, 0.3) is 55.7 Å². The molecule has 0 saturated heterocycles. The Bertz CT molecular complexity index is 1610. The van der Waals surface area contributed by atoms with Gasteiger partial charge in [-0.15, -0.1) is 0 Å². The Labute approximate surface area is 182 Å². The molecule has 6 rings (SSSR count). The van der Waals surface area contributed by atoms with Gasteiger partial charge in [0.15, 0.2) is 5.65 Å². The highest BCUT2D eigenvalue weighted by Gasteiger charge is 2.16. The summed E-state index contributed by atoms with van der Waals surface area (Å²) in [6.07, 6.45) is 7.16. The van der Waals surface area contributed by atoms with Crippen LogP contribution in [0.5, 0.6) is 0 Å². The summed E-state index contributed by atoms with van der Waals surface area (Å²) in [6, 6.07) is 14.5. The quantitative estimate of drug-likeness (QED) is 0.386. The van der Waals surface area contributed by atoms with Crippen LogP contribution in [0.4, 0.5) is 4.39 Å². The van der Waals surface area contributed by atoms with Crippen LogP contribution >= 0.6 is 0 Å². The highest BCUT2D eigenvalue weighted by Crippen LogP contribution is 2.34. The Hall–Kier alpha value is -4.39. The first kappa shape index (κ1) is 18.4. The molecule has 5 heterocycles. The monoisotopic (exact) mass is 420 g/mol. The van der Waals surface area contributed by atoms with Gasteiger partial charge in [-0.25, -0.2) is 14.4 Å². The Morgan fingerprint density at radius 3 is 2.62 bits per heavy atom. The Morgan fingerprint density at radius 2 is 1.75 bits per heavy atom. The summed E-state index contributed by atoms with van der Waals surface area (Å²) < 4.78 is 13.8. The number of halogens is 1. The second-order valence-corrected chi connectivity index (χ2v) is 7.70. The fourth-order valence-corrected chi connectivity index (χ4v) is 4.08. The van der Waals surface area contributed by atoms with E-state index in [1.807, 2.05) is 36.7 Å². The lowest BCUT2D eigenvalue weighted by Gasteiger charge is -2.04. The van der Waals surface area contributed by atoms with E-state index in [4.69, 9.17) is 0 Å². The number of fused-ring (bicyclic) bond motifs is 2. The van der Waals surface area contributed by atoms with Crippen molar-refractivity contribution < 1.29 is 4.39 Å². The average Bonchev–Trinajstić information content (AvgIpc) is 3.42.